The van der Waals surface area contributed by atoms with E-state index in [1.807, 2.05) is 0 Å². The van der Waals surface area contributed by atoms with Gasteiger partial charge >= 0.3 is 11.9 Å². The lowest BCUT2D eigenvalue weighted by Crippen LogP contribution is -2.61. The quantitative estimate of drug-likeness (QED) is 0.0174. The fourth-order valence-electron chi connectivity index (χ4n) is 8.73. The van der Waals surface area contributed by atoms with Gasteiger partial charge in [0.25, 0.3) is 0 Å². The van der Waals surface area contributed by atoms with Crippen LogP contribution in [0.1, 0.15) is 219 Å². The standard InChI is InChI=1S/C53H98O15/c1-3-5-7-9-11-13-15-16-17-18-19-20-21-22-23-24-26-28-30-32-34-36-45(56)66-41(38-63-44(55)35-33-31-29-27-25-14-12-10-8-6-4-2)39-64-52-51(62)49(60)47(58)43(68-52)40-65-53-50(61)48(59)46(57)42(37-54)67-53/h10,12,41-43,46-54,57-62H,3-9,11,13-40H2,1-2H3/b12-10+/t41-,42+,43+,46-,47-,48?,49?,50?,51?,52+,53+/m1/s1. The number of aliphatic hydroxyl groups excluding tert-OH is 7. The molecular weight excluding hydrogens is 877 g/mol. The molecule has 2 aliphatic heterocycles. The van der Waals surface area contributed by atoms with Gasteiger partial charge in [-0.3, -0.25) is 9.59 Å². The molecule has 0 bridgehead atoms. The van der Waals surface area contributed by atoms with Crippen LogP contribution in [0.2, 0.25) is 0 Å². The summed E-state index contributed by atoms with van der Waals surface area (Å²) in [6, 6.07) is 0. The van der Waals surface area contributed by atoms with Crippen molar-refractivity contribution in [1.29, 1.82) is 0 Å². The van der Waals surface area contributed by atoms with Crippen molar-refractivity contribution in [2.24, 2.45) is 0 Å². The summed E-state index contributed by atoms with van der Waals surface area (Å²) >= 11 is 0. The number of carbonyl (C=O) groups excluding carboxylic acids is 2. The number of rotatable bonds is 43. The molecule has 15 nitrogen and oxygen atoms in total. The highest BCUT2D eigenvalue weighted by atomic mass is 16.7. The normalized spacial score (nSPS) is 25.8. The van der Waals surface area contributed by atoms with Gasteiger partial charge in [0.05, 0.1) is 19.8 Å². The number of allylic oxidation sites excluding steroid dienone is 2. The van der Waals surface area contributed by atoms with Crippen LogP contribution in [0.3, 0.4) is 0 Å². The fourth-order valence-corrected chi connectivity index (χ4v) is 8.73. The Labute approximate surface area is 410 Å². The summed E-state index contributed by atoms with van der Waals surface area (Å²) in [5.74, 6) is -0.925. The van der Waals surface area contributed by atoms with Crippen molar-refractivity contribution in [3.8, 4) is 0 Å². The molecule has 0 radical (unpaired) electrons. The number of aliphatic hydroxyl groups is 7. The number of hydrogen-bond donors (Lipinski definition) is 7. The van der Waals surface area contributed by atoms with E-state index in [9.17, 15) is 45.3 Å². The van der Waals surface area contributed by atoms with Crippen LogP contribution >= 0.6 is 0 Å². The van der Waals surface area contributed by atoms with Crippen molar-refractivity contribution in [3.63, 3.8) is 0 Å². The summed E-state index contributed by atoms with van der Waals surface area (Å²) in [5, 5.41) is 72.1. The summed E-state index contributed by atoms with van der Waals surface area (Å²) < 4.78 is 33.6. The van der Waals surface area contributed by atoms with E-state index >= 15 is 0 Å². The first kappa shape index (κ1) is 62.4. The van der Waals surface area contributed by atoms with E-state index in [1.54, 1.807) is 0 Å². The molecule has 68 heavy (non-hydrogen) atoms. The molecule has 2 aliphatic rings. The van der Waals surface area contributed by atoms with E-state index in [0.29, 0.717) is 12.8 Å². The van der Waals surface area contributed by atoms with Crippen molar-refractivity contribution in [3.05, 3.63) is 12.2 Å². The zero-order chi connectivity index (χ0) is 49.6. The summed E-state index contributed by atoms with van der Waals surface area (Å²) in [5.41, 5.74) is 0. The first-order valence-corrected chi connectivity index (χ1v) is 27.3. The average molecular weight is 975 g/mol. The fraction of sp³-hybridized carbons (Fsp3) is 0.925. The van der Waals surface area contributed by atoms with Gasteiger partial charge in [0.15, 0.2) is 18.7 Å². The van der Waals surface area contributed by atoms with E-state index in [4.69, 9.17) is 28.4 Å². The van der Waals surface area contributed by atoms with Crippen LogP contribution in [0.15, 0.2) is 12.2 Å². The Bertz CT molecular complexity index is 1240. The highest BCUT2D eigenvalue weighted by molar-refractivity contribution is 5.70. The Kier molecular flexibility index (Phi) is 37.4. The molecule has 11 atom stereocenters. The number of esters is 2. The third-order valence-corrected chi connectivity index (χ3v) is 13.2. The Morgan fingerprint density at radius 1 is 0.456 bits per heavy atom. The molecular formula is C53H98O15. The average Bonchev–Trinajstić information content (AvgIpc) is 3.33. The third kappa shape index (κ3) is 28.3. The zero-order valence-corrected chi connectivity index (χ0v) is 42.4. The largest absolute Gasteiger partial charge is 0.462 e. The smallest absolute Gasteiger partial charge is 0.306 e. The molecule has 2 heterocycles. The van der Waals surface area contributed by atoms with Gasteiger partial charge in [0, 0.05) is 12.8 Å². The van der Waals surface area contributed by atoms with Crippen molar-refractivity contribution >= 4 is 11.9 Å². The molecule has 2 fully saturated rings. The summed E-state index contributed by atoms with van der Waals surface area (Å²) in [7, 11) is 0. The van der Waals surface area contributed by atoms with Crippen molar-refractivity contribution in [2.45, 2.75) is 287 Å². The van der Waals surface area contributed by atoms with Gasteiger partial charge in [-0.25, -0.2) is 0 Å². The van der Waals surface area contributed by atoms with E-state index in [2.05, 4.69) is 26.0 Å². The number of ether oxygens (including phenoxy) is 6. The molecule has 2 saturated heterocycles. The Hall–Kier alpha value is -1.76. The van der Waals surface area contributed by atoms with Crippen LogP contribution in [0.4, 0.5) is 0 Å². The molecule has 4 unspecified atom stereocenters. The van der Waals surface area contributed by atoms with Gasteiger partial charge in [-0.1, -0.05) is 187 Å². The molecule has 0 aromatic rings. The Morgan fingerprint density at radius 2 is 0.853 bits per heavy atom. The maximum absolute atomic E-state index is 13.0. The van der Waals surface area contributed by atoms with Crippen molar-refractivity contribution in [2.75, 3.05) is 26.4 Å². The third-order valence-electron chi connectivity index (χ3n) is 13.2. The minimum absolute atomic E-state index is 0.169. The van der Waals surface area contributed by atoms with Gasteiger partial charge in [0.2, 0.25) is 0 Å². The van der Waals surface area contributed by atoms with Gasteiger partial charge < -0.3 is 64.2 Å². The molecule has 0 aromatic carbocycles. The molecule has 0 saturated carbocycles. The van der Waals surface area contributed by atoms with Gasteiger partial charge in [0.1, 0.15) is 55.4 Å². The van der Waals surface area contributed by atoms with Crippen LogP contribution in [0, 0.1) is 0 Å². The molecule has 400 valence electrons. The Morgan fingerprint density at radius 3 is 1.34 bits per heavy atom. The van der Waals surface area contributed by atoms with Crippen LogP contribution < -0.4 is 0 Å². The predicted molar refractivity (Wildman–Crippen MR) is 261 cm³/mol. The van der Waals surface area contributed by atoms with Crippen molar-refractivity contribution < 1.29 is 73.8 Å². The molecule has 0 amide bonds. The topological polar surface area (TPSA) is 231 Å². The van der Waals surface area contributed by atoms with E-state index in [-0.39, 0.29) is 26.1 Å². The van der Waals surface area contributed by atoms with E-state index < -0.39 is 92.7 Å². The van der Waals surface area contributed by atoms with Gasteiger partial charge in [-0.15, -0.1) is 0 Å². The molecule has 0 aromatic heterocycles. The summed E-state index contributed by atoms with van der Waals surface area (Å²) in [6.07, 6.45) is 23.9. The first-order valence-electron chi connectivity index (χ1n) is 27.3. The first-order chi connectivity index (χ1) is 33.0. The minimum atomic E-state index is -1.76. The number of hydrogen-bond acceptors (Lipinski definition) is 15. The second kappa shape index (κ2) is 40.8. The molecule has 2 rings (SSSR count). The lowest BCUT2D eigenvalue weighted by molar-refractivity contribution is -0.332. The number of carbonyl (C=O) groups is 2. The lowest BCUT2D eigenvalue weighted by atomic mass is 9.98. The second-order valence-electron chi connectivity index (χ2n) is 19.4. The highest BCUT2D eigenvalue weighted by Crippen LogP contribution is 2.27. The molecule has 0 aliphatic carbocycles. The van der Waals surface area contributed by atoms with Crippen LogP contribution in [0.25, 0.3) is 0 Å². The summed E-state index contributed by atoms with van der Waals surface area (Å²) in [4.78, 5) is 25.7. The minimum Gasteiger partial charge on any atom is -0.462 e. The summed E-state index contributed by atoms with van der Waals surface area (Å²) in [6.45, 7) is 2.57. The maximum atomic E-state index is 13.0. The van der Waals surface area contributed by atoms with Crippen LogP contribution in [-0.4, -0.2) is 142 Å². The van der Waals surface area contributed by atoms with Gasteiger partial charge in [-0.05, 0) is 32.1 Å². The zero-order valence-electron chi connectivity index (χ0n) is 42.4. The molecule has 0 spiro atoms. The number of unbranched alkanes of at least 4 members (excludes halogenated alkanes) is 27. The van der Waals surface area contributed by atoms with Gasteiger partial charge in [-0.2, -0.15) is 0 Å². The highest BCUT2D eigenvalue weighted by Gasteiger charge is 2.47. The lowest BCUT2D eigenvalue weighted by Gasteiger charge is -2.42. The maximum Gasteiger partial charge on any atom is 0.306 e. The van der Waals surface area contributed by atoms with E-state index in [0.717, 1.165) is 57.8 Å². The molecule has 15 heteroatoms. The van der Waals surface area contributed by atoms with E-state index in [1.165, 1.54) is 122 Å². The van der Waals surface area contributed by atoms with Crippen molar-refractivity contribution in [1.82, 2.24) is 0 Å². The monoisotopic (exact) mass is 975 g/mol. The van der Waals surface area contributed by atoms with Crippen LogP contribution in [-0.2, 0) is 38.0 Å². The SMILES string of the molecule is CCCC/C=C/CCCCCCCC(=O)OC[C@H](CO[C@H]1O[C@@H](CO[C@H]2O[C@@H](CO)[C@@H](O)C(O)C2O)[C@@H](O)C(O)C1O)OC(=O)CCCCCCCCCCCCCCCCCCCCCCC. The van der Waals surface area contributed by atoms with Crippen LogP contribution in [0.5, 0.6) is 0 Å². The molecule has 7 N–H and O–H groups in total. The Balaban J connectivity index is 1.75. The predicted octanol–water partition coefficient (Wildman–Crippen LogP) is 8.16. The second-order valence-corrected chi connectivity index (χ2v) is 19.4.